The Bertz CT molecular complexity index is 2330. The molecule has 0 spiro atoms. The van der Waals surface area contributed by atoms with E-state index in [9.17, 15) is 38.4 Å². The highest BCUT2D eigenvalue weighted by Gasteiger charge is 2.42. The number of carbonyl (C=O) groups is 8. The second kappa shape index (κ2) is 27.9. The average molecular weight is 1010 g/mol. The third-order valence-electron chi connectivity index (χ3n) is 13.5. The lowest BCUT2D eigenvalue weighted by Gasteiger charge is -2.33. The smallest absolute Gasteiger partial charge is 0.407 e. The normalized spacial score (nSPS) is 21.7. The minimum Gasteiger partial charge on any atom is -0.445 e. The van der Waals surface area contributed by atoms with Gasteiger partial charge < -0.3 is 51.2 Å². The summed E-state index contributed by atoms with van der Waals surface area (Å²) in [5.74, 6) is -3.34. The van der Waals surface area contributed by atoms with Gasteiger partial charge in [0.1, 0.15) is 49.5 Å². The fourth-order valence-corrected chi connectivity index (χ4v) is 9.60. The van der Waals surface area contributed by atoms with Crippen molar-refractivity contribution in [2.45, 2.75) is 127 Å². The molecule has 3 aliphatic heterocycles. The summed E-state index contributed by atoms with van der Waals surface area (Å²) in [7, 11) is 0. The highest BCUT2D eigenvalue weighted by atomic mass is 16.6. The Morgan fingerprint density at radius 3 is 1.15 bits per heavy atom. The van der Waals surface area contributed by atoms with Crippen molar-refractivity contribution in [3.05, 3.63) is 144 Å². The number of alkyl carbamates (subject to hydrolysis) is 2. The molecule has 4 aromatic carbocycles. The molecule has 74 heavy (non-hydrogen) atoms. The molecule has 3 aliphatic rings. The predicted molar refractivity (Wildman–Crippen MR) is 274 cm³/mol. The van der Waals surface area contributed by atoms with Crippen LogP contribution in [0.15, 0.2) is 121 Å². The van der Waals surface area contributed by atoms with Crippen LogP contribution in [0.25, 0.3) is 0 Å². The molecule has 0 unspecified atom stereocenters. The molecular formula is C56H68N8O10. The molecule has 6 N–H and O–H groups in total. The van der Waals surface area contributed by atoms with Crippen molar-refractivity contribution in [2.24, 2.45) is 0 Å². The Hall–Kier alpha value is -7.76. The van der Waals surface area contributed by atoms with Crippen molar-refractivity contribution in [3.8, 4) is 0 Å². The van der Waals surface area contributed by atoms with Gasteiger partial charge in [0.25, 0.3) is 0 Å². The van der Waals surface area contributed by atoms with Crippen molar-refractivity contribution in [3.63, 3.8) is 0 Å². The Morgan fingerprint density at radius 2 is 0.784 bits per heavy atom. The zero-order chi connectivity index (χ0) is 52.1. The highest BCUT2D eigenvalue weighted by molar-refractivity contribution is 5.98. The molecule has 3 heterocycles. The van der Waals surface area contributed by atoms with E-state index in [0.717, 1.165) is 22.3 Å². The van der Waals surface area contributed by atoms with Crippen LogP contribution in [0, 0.1) is 0 Å². The van der Waals surface area contributed by atoms with E-state index in [2.05, 4.69) is 31.9 Å². The number of nitrogens with one attached hydrogen (secondary N) is 6. The highest BCUT2D eigenvalue weighted by Crippen LogP contribution is 2.23. The van der Waals surface area contributed by atoms with Gasteiger partial charge in [0, 0.05) is 39.0 Å². The van der Waals surface area contributed by atoms with Crippen molar-refractivity contribution in [2.75, 3.05) is 26.2 Å². The van der Waals surface area contributed by atoms with Gasteiger partial charge >= 0.3 is 12.2 Å². The molecule has 6 atom stereocenters. The SMILES string of the molecule is O=C(NCCCC[C@@H]1NC(=O)[C@@H]2CCCN2C(=O)[C@@H](Cc2ccccc2)NC(=O)[C@H](CCCCNC(=O)OCc2ccccc2)NC(=O)[C@@H]2CCCN2C(=O)[C@@H](Cc2ccccc2)NC1=O)OCc1ccccc1. The van der Waals surface area contributed by atoms with Gasteiger partial charge in [-0.05, 0) is 86.5 Å². The summed E-state index contributed by atoms with van der Waals surface area (Å²) in [5.41, 5.74) is 3.17. The van der Waals surface area contributed by atoms with Gasteiger partial charge in [-0.3, -0.25) is 28.8 Å². The minimum atomic E-state index is -1.15. The summed E-state index contributed by atoms with van der Waals surface area (Å²) < 4.78 is 10.7. The maximum absolute atomic E-state index is 14.8. The monoisotopic (exact) mass is 1010 g/mol. The minimum absolute atomic E-state index is 0.0818. The number of nitrogens with zero attached hydrogens (tertiary/aromatic N) is 2. The Morgan fingerprint density at radius 1 is 0.446 bits per heavy atom. The van der Waals surface area contributed by atoms with Crippen LogP contribution in [-0.2, 0) is 64.3 Å². The lowest BCUT2D eigenvalue weighted by Crippen LogP contribution is -2.61. The van der Waals surface area contributed by atoms with Crippen LogP contribution in [-0.4, -0.2) is 120 Å². The van der Waals surface area contributed by atoms with E-state index < -0.39 is 83.9 Å². The lowest BCUT2D eigenvalue weighted by molar-refractivity contribution is -0.144. The number of rotatable bonds is 18. The van der Waals surface area contributed by atoms with Gasteiger partial charge in [-0.25, -0.2) is 9.59 Å². The molecule has 3 saturated heterocycles. The first-order chi connectivity index (χ1) is 36.0. The summed E-state index contributed by atoms with van der Waals surface area (Å²) in [6.07, 6.45) is 2.38. The number of hydrogen-bond donors (Lipinski definition) is 6. The number of ether oxygens (including phenoxy) is 2. The summed E-state index contributed by atoms with van der Waals surface area (Å²) in [5, 5.41) is 17.2. The summed E-state index contributed by atoms with van der Waals surface area (Å²) >= 11 is 0. The molecule has 7 rings (SSSR count). The van der Waals surface area contributed by atoms with Gasteiger partial charge in [0.2, 0.25) is 35.4 Å². The Kier molecular flexibility index (Phi) is 20.4. The molecule has 3 fully saturated rings. The van der Waals surface area contributed by atoms with Crippen molar-refractivity contribution in [1.82, 2.24) is 41.7 Å². The van der Waals surface area contributed by atoms with Gasteiger partial charge in [0.05, 0.1) is 0 Å². The molecule has 0 aromatic heterocycles. The summed E-state index contributed by atoms with van der Waals surface area (Å²) in [6.45, 7) is 1.09. The molecule has 4 aromatic rings. The fraction of sp³-hybridized carbons (Fsp3) is 0.429. The van der Waals surface area contributed by atoms with Gasteiger partial charge in [-0.1, -0.05) is 121 Å². The van der Waals surface area contributed by atoms with Crippen LogP contribution < -0.4 is 31.9 Å². The van der Waals surface area contributed by atoms with Crippen molar-refractivity contribution in [1.29, 1.82) is 0 Å². The number of benzene rings is 4. The van der Waals surface area contributed by atoms with Crippen molar-refractivity contribution >= 4 is 47.6 Å². The maximum atomic E-state index is 14.8. The van der Waals surface area contributed by atoms with E-state index in [-0.39, 0.29) is 65.1 Å². The largest absolute Gasteiger partial charge is 0.445 e. The third kappa shape index (κ3) is 16.1. The van der Waals surface area contributed by atoms with Gasteiger partial charge in [-0.2, -0.15) is 0 Å². The van der Waals surface area contributed by atoms with Gasteiger partial charge in [0.15, 0.2) is 0 Å². The van der Waals surface area contributed by atoms with Crippen LogP contribution in [0.1, 0.15) is 86.5 Å². The Balaban J connectivity index is 1.11. The molecule has 0 bridgehead atoms. The Labute approximate surface area is 432 Å². The summed E-state index contributed by atoms with van der Waals surface area (Å²) in [4.78, 5) is 116. The second-order valence-corrected chi connectivity index (χ2v) is 19.0. The average Bonchev–Trinajstić information content (AvgIpc) is 4.13. The van der Waals surface area contributed by atoms with E-state index in [0.29, 0.717) is 51.4 Å². The van der Waals surface area contributed by atoms with E-state index in [1.54, 1.807) is 0 Å². The quantitative estimate of drug-likeness (QED) is 0.0759. The zero-order valence-corrected chi connectivity index (χ0v) is 41.7. The van der Waals surface area contributed by atoms with Crippen molar-refractivity contribution < 1.29 is 47.8 Å². The van der Waals surface area contributed by atoms with Crippen LogP contribution >= 0.6 is 0 Å². The van der Waals surface area contributed by atoms with E-state index in [4.69, 9.17) is 9.47 Å². The standard InChI is InChI=1S/C56H68N8O10/c65-49-43(27-13-15-31-57-55(71)73-37-41-23-9-3-10-24-41)59-52(68)48-30-18-34-64(48)54(70)46(36-40-21-7-2-8-22-40)62-50(66)44(28-14-16-32-58-56(72)74-38-42-25-11-4-12-26-42)60-51(67)47-29-17-33-63(47)53(69)45(61-49)35-39-19-5-1-6-20-39/h1-12,19-26,43-48H,13-18,27-38H2,(H,57,71)(H,58,72)(H,59,68)(H,60,67)(H,61,65)(H,62,66)/t43-,44-,45+,46+,47-,48-/m0/s1. The molecule has 0 radical (unpaired) electrons. The lowest BCUT2D eigenvalue weighted by atomic mass is 10.0. The molecule has 392 valence electrons. The number of hydrogen-bond acceptors (Lipinski definition) is 10. The van der Waals surface area contributed by atoms with Crippen LogP contribution in [0.2, 0.25) is 0 Å². The number of carbonyl (C=O) groups excluding carboxylic acids is 8. The molecule has 8 amide bonds. The molecule has 0 aliphatic carbocycles. The predicted octanol–water partition coefficient (Wildman–Crippen LogP) is 4.60. The van der Waals surface area contributed by atoms with Crippen LogP contribution in [0.4, 0.5) is 9.59 Å². The number of fused-ring (bicyclic) bond motifs is 2. The van der Waals surface area contributed by atoms with Crippen LogP contribution in [0.5, 0.6) is 0 Å². The first-order valence-corrected chi connectivity index (χ1v) is 25.8. The third-order valence-corrected chi connectivity index (χ3v) is 13.5. The fourth-order valence-electron chi connectivity index (χ4n) is 9.60. The van der Waals surface area contributed by atoms with Gasteiger partial charge in [-0.15, -0.1) is 0 Å². The zero-order valence-electron chi connectivity index (χ0n) is 41.7. The summed E-state index contributed by atoms with van der Waals surface area (Å²) in [6, 6.07) is 30.3. The number of amides is 8. The topological polar surface area (TPSA) is 234 Å². The second-order valence-electron chi connectivity index (χ2n) is 19.0. The van der Waals surface area contributed by atoms with E-state index >= 15 is 0 Å². The maximum Gasteiger partial charge on any atom is 0.407 e. The van der Waals surface area contributed by atoms with E-state index in [1.807, 2.05) is 121 Å². The molecular weight excluding hydrogens is 945 g/mol. The molecule has 18 heteroatoms. The molecule has 0 saturated carbocycles. The molecule has 18 nitrogen and oxygen atoms in total. The van der Waals surface area contributed by atoms with Crippen LogP contribution in [0.3, 0.4) is 0 Å². The first kappa shape index (κ1) is 54.0. The van der Waals surface area contributed by atoms with E-state index in [1.165, 1.54) is 9.80 Å². The first-order valence-electron chi connectivity index (χ1n) is 25.8. The number of unbranched alkanes of at least 4 members (excludes halogenated alkanes) is 2.